The number of hydrogen-bond acceptors (Lipinski definition) is 5. The Morgan fingerprint density at radius 1 is 1.10 bits per heavy atom. The van der Waals surface area contributed by atoms with Crippen molar-refractivity contribution in [1.29, 1.82) is 0 Å². The van der Waals surface area contributed by atoms with E-state index in [0.29, 0.717) is 17.4 Å². The number of nitrogens with zero attached hydrogens (tertiary/aromatic N) is 3. The zero-order valence-electron chi connectivity index (χ0n) is 11.0. The first-order valence-electron chi connectivity index (χ1n) is 6.39. The maximum atomic E-state index is 11.7. The molecule has 2 heterocycles. The Balaban J connectivity index is 1.72. The monoisotopic (exact) mass is 300 g/mol. The summed E-state index contributed by atoms with van der Waals surface area (Å²) >= 11 is 1.45. The van der Waals surface area contributed by atoms with Gasteiger partial charge in [0.25, 0.3) is 0 Å². The third-order valence-electron chi connectivity index (χ3n) is 2.93. The van der Waals surface area contributed by atoms with Crippen molar-refractivity contribution in [3.8, 4) is 0 Å². The van der Waals surface area contributed by atoms with Gasteiger partial charge in [-0.2, -0.15) is 0 Å². The molecule has 0 atom stereocenters. The summed E-state index contributed by atoms with van der Waals surface area (Å²) < 4.78 is 0. The van der Waals surface area contributed by atoms with E-state index in [1.807, 2.05) is 30.3 Å². The molecule has 106 valence electrons. The second-order valence-electron chi connectivity index (χ2n) is 4.39. The molecule has 21 heavy (non-hydrogen) atoms. The number of amides is 3. The van der Waals surface area contributed by atoms with Gasteiger partial charge in [-0.3, -0.25) is 15.0 Å². The Labute approximate surface area is 125 Å². The topological polar surface area (TPSA) is 75.2 Å². The van der Waals surface area contributed by atoms with Crippen LogP contribution in [-0.2, 0) is 4.79 Å². The molecule has 0 aliphatic carbocycles. The summed E-state index contributed by atoms with van der Waals surface area (Å²) in [6.07, 6.45) is 3.47. The van der Waals surface area contributed by atoms with Crippen molar-refractivity contribution in [2.75, 3.05) is 11.4 Å². The molecule has 1 saturated heterocycles. The molecule has 1 fully saturated rings. The number of hydrogen-bond donors (Lipinski definition) is 1. The fourth-order valence-corrected chi connectivity index (χ4v) is 2.62. The lowest BCUT2D eigenvalue weighted by Crippen LogP contribution is -2.49. The van der Waals surface area contributed by atoms with Crippen LogP contribution in [0.5, 0.6) is 0 Å². The highest BCUT2D eigenvalue weighted by Gasteiger charge is 2.24. The smallest absolute Gasteiger partial charge is 0.291 e. The number of anilines is 1. The predicted molar refractivity (Wildman–Crippen MR) is 78.1 cm³/mol. The van der Waals surface area contributed by atoms with Gasteiger partial charge in [0.2, 0.25) is 5.91 Å². The van der Waals surface area contributed by atoms with Crippen LogP contribution in [0, 0.1) is 0 Å². The van der Waals surface area contributed by atoms with Gasteiger partial charge in [-0.1, -0.05) is 18.2 Å². The number of nitrogens with one attached hydrogen (secondary N) is 1. The van der Waals surface area contributed by atoms with Gasteiger partial charge in [0, 0.05) is 17.9 Å². The molecular weight excluding hydrogens is 288 g/mol. The Hall–Kier alpha value is -2.41. The van der Waals surface area contributed by atoms with Crippen LogP contribution in [0.1, 0.15) is 6.42 Å². The summed E-state index contributed by atoms with van der Waals surface area (Å²) in [5.41, 5.74) is 0.581. The Bertz CT molecular complexity index is 660. The summed E-state index contributed by atoms with van der Waals surface area (Å²) in [4.78, 5) is 33.8. The minimum atomic E-state index is -0.432. The highest BCUT2D eigenvalue weighted by Crippen LogP contribution is 2.25. The average Bonchev–Trinajstić information content (AvgIpc) is 2.49. The summed E-state index contributed by atoms with van der Waals surface area (Å²) in [7, 11) is 0. The second-order valence-corrected chi connectivity index (χ2v) is 5.43. The van der Waals surface area contributed by atoms with E-state index in [1.165, 1.54) is 16.7 Å². The highest BCUT2D eigenvalue weighted by atomic mass is 32.2. The maximum absolute atomic E-state index is 11.7. The molecule has 3 rings (SSSR count). The molecule has 6 nitrogen and oxygen atoms in total. The SMILES string of the molecule is O=C1CCN(c2cnc(Sc3ccccc3)nc2)C(=O)N1. The van der Waals surface area contributed by atoms with Crippen LogP contribution in [-0.4, -0.2) is 28.5 Å². The number of imide groups is 1. The third kappa shape index (κ3) is 3.19. The largest absolute Gasteiger partial charge is 0.328 e. The van der Waals surface area contributed by atoms with Gasteiger partial charge in [-0.05, 0) is 23.9 Å². The number of carbonyl (C=O) groups excluding carboxylic acids is 2. The van der Waals surface area contributed by atoms with Gasteiger partial charge in [0.05, 0.1) is 18.1 Å². The molecule has 0 radical (unpaired) electrons. The van der Waals surface area contributed by atoms with Crippen LogP contribution in [0.3, 0.4) is 0 Å². The van der Waals surface area contributed by atoms with E-state index in [-0.39, 0.29) is 12.3 Å². The van der Waals surface area contributed by atoms with Crippen molar-refractivity contribution in [3.63, 3.8) is 0 Å². The van der Waals surface area contributed by atoms with Crippen LogP contribution in [0.4, 0.5) is 10.5 Å². The first-order valence-corrected chi connectivity index (χ1v) is 7.20. The van der Waals surface area contributed by atoms with Gasteiger partial charge in [0.1, 0.15) is 0 Å². The lowest BCUT2D eigenvalue weighted by molar-refractivity contribution is -0.120. The molecule has 3 amide bonds. The summed E-state index contributed by atoms with van der Waals surface area (Å²) in [5.74, 6) is -0.256. The summed E-state index contributed by atoms with van der Waals surface area (Å²) in [5, 5.41) is 2.88. The number of aromatic nitrogens is 2. The molecule has 1 aromatic heterocycles. The zero-order chi connectivity index (χ0) is 14.7. The molecule has 1 N–H and O–H groups in total. The zero-order valence-corrected chi connectivity index (χ0v) is 11.8. The molecule has 1 aliphatic heterocycles. The van der Waals surface area contributed by atoms with Gasteiger partial charge in [-0.15, -0.1) is 0 Å². The van der Waals surface area contributed by atoms with E-state index in [0.717, 1.165) is 4.90 Å². The van der Waals surface area contributed by atoms with Gasteiger partial charge < -0.3 is 0 Å². The summed E-state index contributed by atoms with van der Waals surface area (Å²) in [6.45, 7) is 0.346. The molecule has 0 bridgehead atoms. The fraction of sp³-hybridized carbons (Fsp3) is 0.143. The van der Waals surface area contributed by atoms with Crippen LogP contribution in [0.2, 0.25) is 0 Å². The molecular formula is C14H12N4O2S. The molecule has 1 aromatic carbocycles. The Morgan fingerprint density at radius 2 is 1.81 bits per heavy atom. The number of urea groups is 1. The van der Waals surface area contributed by atoms with Gasteiger partial charge in [0.15, 0.2) is 5.16 Å². The average molecular weight is 300 g/mol. The number of benzene rings is 1. The number of rotatable bonds is 3. The molecule has 0 unspecified atom stereocenters. The van der Waals surface area contributed by atoms with Crippen molar-refractivity contribution >= 4 is 29.4 Å². The fourth-order valence-electron chi connectivity index (χ4n) is 1.91. The van der Waals surface area contributed by atoms with E-state index in [9.17, 15) is 9.59 Å². The minimum Gasteiger partial charge on any atom is -0.291 e. The standard InChI is InChI=1S/C14H12N4O2S/c19-12-6-7-18(14(20)17-12)10-8-15-13(16-9-10)21-11-4-2-1-3-5-11/h1-5,8-9H,6-7H2,(H,17,19,20). The van der Waals surface area contributed by atoms with Crippen molar-refractivity contribution in [2.45, 2.75) is 16.5 Å². The van der Waals surface area contributed by atoms with E-state index >= 15 is 0 Å². The quantitative estimate of drug-likeness (QED) is 0.878. The minimum absolute atomic E-state index is 0.256. The van der Waals surface area contributed by atoms with Crippen LogP contribution in [0.25, 0.3) is 0 Å². The Kier molecular flexibility index (Phi) is 3.83. The van der Waals surface area contributed by atoms with Gasteiger partial charge >= 0.3 is 6.03 Å². The Morgan fingerprint density at radius 3 is 2.48 bits per heavy atom. The maximum Gasteiger partial charge on any atom is 0.328 e. The lowest BCUT2D eigenvalue weighted by Gasteiger charge is -2.25. The normalized spacial score (nSPS) is 15.0. The van der Waals surface area contributed by atoms with Crippen molar-refractivity contribution in [3.05, 3.63) is 42.7 Å². The third-order valence-corrected chi connectivity index (χ3v) is 3.83. The first-order chi connectivity index (χ1) is 10.2. The van der Waals surface area contributed by atoms with Crippen LogP contribution in [0.15, 0.2) is 52.8 Å². The van der Waals surface area contributed by atoms with E-state index < -0.39 is 6.03 Å². The van der Waals surface area contributed by atoms with Crippen molar-refractivity contribution < 1.29 is 9.59 Å². The van der Waals surface area contributed by atoms with E-state index in [4.69, 9.17) is 0 Å². The molecule has 1 aliphatic rings. The molecule has 0 saturated carbocycles. The van der Waals surface area contributed by atoms with Crippen LogP contribution >= 0.6 is 11.8 Å². The molecule has 2 aromatic rings. The molecule has 0 spiro atoms. The van der Waals surface area contributed by atoms with E-state index in [1.54, 1.807) is 12.4 Å². The predicted octanol–water partition coefficient (Wildman–Crippen LogP) is 2.07. The van der Waals surface area contributed by atoms with Crippen molar-refractivity contribution in [2.24, 2.45) is 0 Å². The van der Waals surface area contributed by atoms with Crippen molar-refractivity contribution in [1.82, 2.24) is 15.3 Å². The second kappa shape index (κ2) is 5.92. The lowest BCUT2D eigenvalue weighted by atomic mass is 10.3. The van der Waals surface area contributed by atoms with Gasteiger partial charge in [-0.25, -0.2) is 14.8 Å². The van der Waals surface area contributed by atoms with E-state index in [2.05, 4.69) is 15.3 Å². The molecule has 7 heteroatoms. The summed E-state index contributed by atoms with van der Waals surface area (Å²) in [6, 6.07) is 9.37. The highest BCUT2D eigenvalue weighted by molar-refractivity contribution is 7.99. The van der Waals surface area contributed by atoms with Crippen LogP contribution < -0.4 is 10.2 Å². The number of carbonyl (C=O) groups is 2. The first kappa shape index (κ1) is 13.6.